The van der Waals surface area contributed by atoms with E-state index < -0.39 is 5.97 Å². The molecule has 0 spiro atoms. The van der Waals surface area contributed by atoms with E-state index in [-0.39, 0.29) is 11.3 Å². The average Bonchev–Trinajstić information content (AvgIpc) is 2.63. The predicted molar refractivity (Wildman–Crippen MR) is 68.7 cm³/mol. The maximum absolute atomic E-state index is 11.5. The van der Waals surface area contributed by atoms with Gasteiger partial charge in [0.1, 0.15) is 0 Å². The molecule has 0 amide bonds. The van der Waals surface area contributed by atoms with Crippen LogP contribution < -0.4 is 4.87 Å². The van der Waals surface area contributed by atoms with Crippen LogP contribution in [0.4, 0.5) is 0 Å². The summed E-state index contributed by atoms with van der Waals surface area (Å²) in [7, 11) is 0. The summed E-state index contributed by atoms with van der Waals surface area (Å²) >= 11 is 1.16. The Kier molecular flexibility index (Phi) is 5.97. The molecule has 96 valence electrons. The summed E-state index contributed by atoms with van der Waals surface area (Å²) in [5, 5.41) is 10.5. The number of hydrogen-bond donors (Lipinski definition) is 1. The van der Waals surface area contributed by atoms with Crippen molar-refractivity contribution in [2.75, 3.05) is 0 Å². The summed E-state index contributed by atoms with van der Waals surface area (Å²) in [6.07, 6.45) is 5.52. The number of thiazole rings is 1. The highest BCUT2D eigenvalue weighted by Gasteiger charge is 2.08. The Morgan fingerprint density at radius 3 is 2.82 bits per heavy atom. The van der Waals surface area contributed by atoms with Gasteiger partial charge in [-0.15, -0.1) is 0 Å². The van der Waals surface area contributed by atoms with Gasteiger partial charge in [0.2, 0.25) is 0 Å². The van der Waals surface area contributed by atoms with E-state index in [1.54, 1.807) is 4.57 Å². The Balaban J connectivity index is 2.53. The molecule has 0 bridgehead atoms. The number of carbonyl (C=O) groups is 1. The van der Waals surface area contributed by atoms with Crippen LogP contribution >= 0.6 is 11.3 Å². The molecule has 0 saturated heterocycles. The molecule has 1 aromatic heterocycles. The standard InChI is InChI=1S/C12H19NO3S/c1-2-3-4-5-6-10-9-17-12(16)13(10)8-7-11(14)15/h9H,2-8H2,1H3,(H,14,15). The number of nitrogens with zero attached hydrogens (tertiary/aromatic N) is 1. The van der Waals surface area contributed by atoms with Crippen LogP contribution in [-0.4, -0.2) is 15.6 Å². The normalized spacial score (nSPS) is 10.6. The number of hydrogen-bond acceptors (Lipinski definition) is 3. The topological polar surface area (TPSA) is 59.3 Å². The van der Waals surface area contributed by atoms with E-state index in [2.05, 4.69) is 6.92 Å². The van der Waals surface area contributed by atoms with E-state index in [4.69, 9.17) is 5.11 Å². The Morgan fingerprint density at radius 2 is 2.18 bits per heavy atom. The SMILES string of the molecule is CCCCCCc1csc(=O)n1CCC(=O)O. The van der Waals surface area contributed by atoms with Gasteiger partial charge in [0.25, 0.3) is 0 Å². The van der Waals surface area contributed by atoms with E-state index in [0.29, 0.717) is 6.54 Å². The highest BCUT2D eigenvalue weighted by molar-refractivity contribution is 7.07. The Hall–Kier alpha value is -1.10. The summed E-state index contributed by atoms with van der Waals surface area (Å²) in [5.41, 5.74) is 0.984. The molecule has 0 aliphatic carbocycles. The van der Waals surface area contributed by atoms with Crippen molar-refractivity contribution in [2.24, 2.45) is 0 Å². The first-order chi connectivity index (χ1) is 8.15. The van der Waals surface area contributed by atoms with Crippen LogP contribution in [0.1, 0.15) is 44.7 Å². The lowest BCUT2D eigenvalue weighted by molar-refractivity contribution is -0.137. The van der Waals surface area contributed by atoms with Gasteiger partial charge in [-0.05, 0) is 12.8 Å². The number of unbranched alkanes of at least 4 members (excludes halogenated alkanes) is 3. The van der Waals surface area contributed by atoms with Crippen molar-refractivity contribution < 1.29 is 9.90 Å². The second-order valence-corrected chi connectivity index (χ2v) is 4.92. The van der Waals surface area contributed by atoms with Crippen molar-refractivity contribution in [3.05, 3.63) is 20.7 Å². The molecule has 0 aromatic carbocycles. The van der Waals surface area contributed by atoms with Crippen molar-refractivity contribution in [3.63, 3.8) is 0 Å². The van der Waals surface area contributed by atoms with Crippen LogP contribution in [0, 0.1) is 0 Å². The maximum atomic E-state index is 11.5. The monoisotopic (exact) mass is 257 g/mol. The van der Waals surface area contributed by atoms with Crippen LogP contribution in [0.15, 0.2) is 10.2 Å². The first kappa shape index (κ1) is 14.0. The van der Waals surface area contributed by atoms with Crippen LogP contribution in [0.2, 0.25) is 0 Å². The van der Waals surface area contributed by atoms with E-state index in [1.165, 1.54) is 19.3 Å². The Morgan fingerprint density at radius 1 is 1.41 bits per heavy atom. The number of rotatable bonds is 8. The molecule has 1 rings (SSSR count). The van der Waals surface area contributed by atoms with E-state index in [9.17, 15) is 9.59 Å². The van der Waals surface area contributed by atoms with Crippen molar-refractivity contribution in [2.45, 2.75) is 52.0 Å². The van der Waals surface area contributed by atoms with Crippen LogP contribution in [0.25, 0.3) is 0 Å². The van der Waals surface area contributed by atoms with Gasteiger partial charge in [-0.25, -0.2) is 0 Å². The van der Waals surface area contributed by atoms with Crippen molar-refractivity contribution in [3.8, 4) is 0 Å². The molecule has 1 N–H and O–H groups in total. The smallest absolute Gasteiger partial charge is 0.307 e. The number of aliphatic carboxylic acids is 1. The molecule has 5 heteroatoms. The van der Waals surface area contributed by atoms with Crippen LogP contribution in [0.3, 0.4) is 0 Å². The van der Waals surface area contributed by atoms with Gasteiger partial charge in [0.15, 0.2) is 0 Å². The van der Waals surface area contributed by atoms with Crippen molar-refractivity contribution in [1.29, 1.82) is 0 Å². The summed E-state index contributed by atoms with van der Waals surface area (Å²) in [6, 6.07) is 0. The molecule has 0 aliphatic heterocycles. The molecule has 0 aliphatic rings. The predicted octanol–water partition coefficient (Wildman–Crippen LogP) is 2.51. The van der Waals surface area contributed by atoms with Gasteiger partial charge in [0, 0.05) is 17.6 Å². The van der Waals surface area contributed by atoms with Gasteiger partial charge in [-0.2, -0.15) is 0 Å². The van der Waals surface area contributed by atoms with E-state index in [1.807, 2.05) is 5.38 Å². The number of carboxylic acid groups (broad SMARTS) is 1. The lowest BCUT2D eigenvalue weighted by Gasteiger charge is -2.05. The summed E-state index contributed by atoms with van der Waals surface area (Å²) in [5.74, 6) is -0.861. The largest absolute Gasteiger partial charge is 0.481 e. The molecule has 0 saturated carbocycles. The minimum Gasteiger partial charge on any atom is -0.481 e. The second kappa shape index (κ2) is 7.27. The molecular weight excluding hydrogens is 238 g/mol. The first-order valence-electron chi connectivity index (χ1n) is 6.04. The minimum atomic E-state index is -0.861. The molecule has 0 atom stereocenters. The summed E-state index contributed by atoms with van der Waals surface area (Å²) in [4.78, 5) is 22.0. The fraction of sp³-hybridized carbons (Fsp3) is 0.667. The quantitative estimate of drug-likeness (QED) is 0.728. The van der Waals surface area contributed by atoms with Gasteiger partial charge < -0.3 is 9.67 Å². The second-order valence-electron chi connectivity index (χ2n) is 4.10. The molecule has 0 fully saturated rings. The molecule has 1 heterocycles. The molecule has 0 radical (unpaired) electrons. The highest BCUT2D eigenvalue weighted by atomic mass is 32.1. The summed E-state index contributed by atoms with van der Waals surface area (Å²) < 4.78 is 1.60. The zero-order valence-electron chi connectivity index (χ0n) is 10.1. The molecule has 1 aromatic rings. The third kappa shape index (κ3) is 4.73. The summed E-state index contributed by atoms with van der Waals surface area (Å²) in [6.45, 7) is 2.45. The Bertz CT molecular complexity index is 408. The van der Waals surface area contributed by atoms with E-state index >= 15 is 0 Å². The average molecular weight is 257 g/mol. The number of aromatic nitrogens is 1. The van der Waals surface area contributed by atoms with Crippen LogP contribution in [0.5, 0.6) is 0 Å². The van der Waals surface area contributed by atoms with Crippen molar-refractivity contribution in [1.82, 2.24) is 4.57 Å². The lowest BCUT2D eigenvalue weighted by atomic mass is 10.1. The highest BCUT2D eigenvalue weighted by Crippen LogP contribution is 2.09. The van der Waals surface area contributed by atoms with Gasteiger partial charge in [-0.1, -0.05) is 37.5 Å². The minimum absolute atomic E-state index is 0.0125. The zero-order chi connectivity index (χ0) is 12.7. The molecule has 4 nitrogen and oxygen atoms in total. The van der Waals surface area contributed by atoms with Gasteiger partial charge >= 0.3 is 10.8 Å². The molecule has 17 heavy (non-hydrogen) atoms. The maximum Gasteiger partial charge on any atom is 0.307 e. The third-order valence-electron chi connectivity index (χ3n) is 2.70. The fourth-order valence-corrected chi connectivity index (χ4v) is 2.55. The number of carboxylic acids is 1. The fourth-order valence-electron chi connectivity index (χ4n) is 1.73. The van der Waals surface area contributed by atoms with Gasteiger partial charge in [0.05, 0.1) is 6.42 Å². The zero-order valence-corrected chi connectivity index (χ0v) is 11.0. The third-order valence-corrected chi connectivity index (χ3v) is 3.51. The number of aryl methyl sites for hydroxylation is 1. The van der Waals surface area contributed by atoms with Crippen LogP contribution in [-0.2, 0) is 17.8 Å². The van der Waals surface area contributed by atoms with Gasteiger partial charge in [-0.3, -0.25) is 9.59 Å². The van der Waals surface area contributed by atoms with E-state index in [0.717, 1.165) is 29.9 Å². The first-order valence-corrected chi connectivity index (χ1v) is 6.92. The molecular formula is C12H19NO3S. The lowest BCUT2D eigenvalue weighted by Crippen LogP contribution is -2.18. The van der Waals surface area contributed by atoms with Crippen molar-refractivity contribution >= 4 is 17.3 Å². The Labute approximate surface area is 105 Å². The molecule has 0 unspecified atom stereocenters.